The molecule has 0 amide bonds. The van der Waals surface area contributed by atoms with Crippen molar-refractivity contribution in [3.05, 3.63) is 44.5 Å². The van der Waals surface area contributed by atoms with Crippen LogP contribution < -0.4 is 0 Å². The maximum atomic E-state index is 11.2. The molecular formula is C12H4N4O6. The average molecular weight is 300 g/mol. The average Bonchev–Trinajstić information content (AvgIpc) is 2.46. The number of benzene rings is 2. The van der Waals surface area contributed by atoms with Crippen LogP contribution in [-0.4, -0.2) is 22.0 Å². The molecule has 0 saturated carbocycles. The summed E-state index contributed by atoms with van der Waals surface area (Å²) in [6.45, 7) is 0. The van der Waals surface area contributed by atoms with E-state index >= 15 is 0 Å². The minimum Gasteiger partial charge on any atom is -0.258 e. The van der Waals surface area contributed by atoms with E-state index in [9.17, 15) is 29.8 Å². The van der Waals surface area contributed by atoms with Gasteiger partial charge in [-0.25, -0.2) is 9.59 Å². The van der Waals surface area contributed by atoms with Gasteiger partial charge in [-0.3, -0.25) is 20.2 Å². The van der Waals surface area contributed by atoms with Gasteiger partial charge in [0.2, 0.25) is 17.8 Å². The predicted octanol–water partition coefficient (Wildman–Crippen LogP) is 2.59. The van der Waals surface area contributed by atoms with Crippen LogP contribution in [0.4, 0.5) is 22.7 Å². The van der Waals surface area contributed by atoms with E-state index in [1.165, 1.54) is 24.3 Å². The fraction of sp³-hybridized carbons (Fsp3) is 0. The molecule has 22 heavy (non-hydrogen) atoms. The van der Waals surface area contributed by atoms with Crippen molar-refractivity contribution < 1.29 is 19.4 Å². The van der Waals surface area contributed by atoms with Crippen LogP contribution in [0.1, 0.15) is 0 Å². The zero-order valence-corrected chi connectivity index (χ0v) is 10.5. The number of carbonyl (C=O) groups excluding carboxylic acids is 2. The summed E-state index contributed by atoms with van der Waals surface area (Å²) in [5.74, 6) is 0. The predicted molar refractivity (Wildman–Crippen MR) is 72.8 cm³/mol. The number of rotatable bonds is 4. The molecule has 2 aromatic carbocycles. The van der Waals surface area contributed by atoms with Crippen LogP contribution in [0.3, 0.4) is 0 Å². The van der Waals surface area contributed by atoms with E-state index in [1.807, 2.05) is 0 Å². The standard InChI is InChI=1S/C12H4N4O6/c17-5-13-8-2-1-7-3-10(15(19)20)11(14-6-18)12(16(21)22)9(7)4-8/h1-4H. The molecule has 0 aliphatic rings. The van der Waals surface area contributed by atoms with E-state index in [4.69, 9.17) is 0 Å². The van der Waals surface area contributed by atoms with Crippen LogP contribution in [0.2, 0.25) is 0 Å². The van der Waals surface area contributed by atoms with Gasteiger partial charge in [0, 0.05) is 6.07 Å². The van der Waals surface area contributed by atoms with Crippen molar-refractivity contribution in [1.82, 2.24) is 0 Å². The summed E-state index contributed by atoms with van der Waals surface area (Å²) in [4.78, 5) is 47.5. The normalized spacial score (nSPS) is 9.64. The third-order valence-electron chi connectivity index (χ3n) is 2.76. The number of hydrogen-bond acceptors (Lipinski definition) is 8. The van der Waals surface area contributed by atoms with Gasteiger partial charge in [0.05, 0.1) is 20.9 Å². The van der Waals surface area contributed by atoms with Gasteiger partial charge >= 0.3 is 11.4 Å². The van der Waals surface area contributed by atoms with Gasteiger partial charge in [0.25, 0.3) is 0 Å². The molecule has 0 aromatic heterocycles. The molecule has 0 aliphatic heterocycles. The molecule has 10 heteroatoms. The number of fused-ring (bicyclic) bond motifs is 1. The summed E-state index contributed by atoms with van der Waals surface area (Å²) in [6.07, 6.45) is 2.34. The summed E-state index contributed by atoms with van der Waals surface area (Å²) in [7, 11) is 0. The lowest BCUT2D eigenvalue weighted by Gasteiger charge is -2.04. The zero-order chi connectivity index (χ0) is 16.3. The van der Waals surface area contributed by atoms with Crippen molar-refractivity contribution in [3.63, 3.8) is 0 Å². The van der Waals surface area contributed by atoms with Crippen LogP contribution in [-0.2, 0) is 9.59 Å². The first kappa shape index (κ1) is 14.7. The second-order valence-electron chi connectivity index (χ2n) is 3.92. The minimum absolute atomic E-state index is 0.0545. The third-order valence-corrected chi connectivity index (χ3v) is 2.76. The molecule has 2 aromatic rings. The highest BCUT2D eigenvalue weighted by molar-refractivity contribution is 6.01. The van der Waals surface area contributed by atoms with E-state index in [1.54, 1.807) is 0 Å². The summed E-state index contributed by atoms with van der Waals surface area (Å²) in [5, 5.41) is 22.4. The molecule has 0 radical (unpaired) electrons. The molecule has 0 N–H and O–H groups in total. The van der Waals surface area contributed by atoms with Crippen LogP contribution >= 0.6 is 0 Å². The summed E-state index contributed by atoms with van der Waals surface area (Å²) < 4.78 is 0. The molecule has 108 valence electrons. The molecule has 0 heterocycles. The Bertz CT molecular complexity index is 909. The van der Waals surface area contributed by atoms with Gasteiger partial charge in [-0.05, 0) is 17.5 Å². The SMILES string of the molecule is O=C=Nc1ccc2cc([N+](=O)[O-])c(N=C=O)c([N+](=O)[O-])c2c1. The van der Waals surface area contributed by atoms with Gasteiger partial charge in [0.1, 0.15) is 0 Å². The molecule has 10 nitrogen and oxygen atoms in total. The van der Waals surface area contributed by atoms with E-state index in [0.29, 0.717) is 0 Å². The molecule has 0 fully saturated rings. The van der Waals surface area contributed by atoms with E-state index in [-0.39, 0.29) is 16.5 Å². The highest BCUT2D eigenvalue weighted by atomic mass is 16.6. The van der Waals surface area contributed by atoms with Crippen molar-refractivity contribution in [3.8, 4) is 0 Å². The number of hydrogen-bond donors (Lipinski definition) is 0. The second kappa shape index (κ2) is 5.71. The van der Waals surface area contributed by atoms with E-state index in [2.05, 4.69) is 9.98 Å². The first-order valence-corrected chi connectivity index (χ1v) is 5.55. The molecule has 0 bridgehead atoms. The number of isocyanates is 2. The number of aliphatic imine (C=N–C) groups is 2. The van der Waals surface area contributed by atoms with Crippen LogP contribution in [0.15, 0.2) is 34.3 Å². The lowest BCUT2D eigenvalue weighted by atomic mass is 10.0. The van der Waals surface area contributed by atoms with Crippen LogP contribution in [0.5, 0.6) is 0 Å². The van der Waals surface area contributed by atoms with Gasteiger partial charge in [-0.2, -0.15) is 9.98 Å². The Labute approximate surface area is 120 Å². The van der Waals surface area contributed by atoms with Crippen molar-refractivity contribution in [2.75, 3.05) is 0 Å². The maximum Gasteiger partial charge on any atom is 0.310 e. The number of nitro groups is 2. The Hall–Kier alpha value is -3.74. The summed E-state index contributed by atoms with van der Waals surface area (Å²) >= 11 is 0. The first-order chi connectivity index (χ1) is 10.5. The topological polar surface area (TPSA) is 145 Å². The Morgan fingerprint density at radius 1 is 0.955 bits per heavy atom. The summed E-state index contributed by atoms with van der Waals surface area (Å²) in [5.41, 5.74) is -2.09. The number of nitrogens with zero attached hydrogens (tertiary/aromatic N) is 4. The Morgan fingerprint density at radius 3 is 2.18 bits per heavy atom. The largest absolute Gasteiger partial charge is 0.310 e. The van der Waals surface area contributed by atoms with Crippen molar-refractivity contribution in [2.24, 2.45) is 9.98 Å². The Kier molecular flexibility index (Phi) is 3.81. The molecule has 0 spiro atoms. The fourth-order valence-corrected chi connectivity index (χ4v) is 1.94. The lowest BCUT2D eigenvalue weighted by Crippen LogP contribution is -1.96. The molecule has 0 saturated heterocycles. The third kappa shape index (κ3) is 2.46. The first-order valence-electron chi connectivity index (χ1n) is 5.55. The van der Waals surface area contributed by atoms with Gasteiger partial charge in [-0.15, -0.1) is 0 Å². The summed E-state index contributed by atoms with van der Waals surface area (Å²) in [6, 6.07) is 4.86. The quantitative estimate of drug-likeness (QED) is 0.367. The zero-order valence-electron chi connectivity index (χ0n) is 10.5. The van der Waals surface area contributed by atoms with E-state index in [0.717, 1.165) is 12.1 Å². The smallest absolute Gasteiger partial charge is 0.258 e. The van der Waals surface area contributed by atoms with Gasteiger partial charge in [0.15, 0.2) is 0 Å². The Balaban J connectivity index is 3.03. The van der Waals surface area contributed by atoms with Gasteiger partial charge in [-0.1, -0.05) is 6.07 Å². The minimum atomic E-state index is -0.903. The molecule has 2 rings (SSSR count). The molecule has 0 atom stereocenters. The highest BCUT2D eigenvalue weighted by Crippen LogP contribution is 2.43. The monoisotopic (exact) mass is 300 g/mol. The molecule has 0 unspecified atom stereocenters. The van der Waals surface area contributed by atoms with Gasteiger partial charge < -0.3 is 0 Å². The highest BCUT2D eigenvalue weighted by Gasteiger charge is 2.29. The fourth-order valence-electron chi connectivity index (χ4n) is 1.94. The molecular weight excluding hydrogens is 296 g/mol. The molecule has 0 aliphatic carbocycles. The lowest BCUT2D eigenvalue weighted by molar-refractivity contribution is -0.391. The second-order valence-corrected chi connectivity index (χ2v) is 3.92. The number of nitro benzene ring substituents is 2. The van der Waals surface area contributed by atoms with E-state index < -0.39 is 26.9 Å². The Morgan fingerprint density at radius 2 is 1.64 bits per heavy atom. The van der Waals surface area contributed by atoms with Crippen molar-refractivity contribution in [1.29, 1.82) is 0 Å². The van der Waals surface area contributed by atoms with Crippen LogP contribution in [0.25, 0.3) is 10.8 Å². The van der Waals surface area contributed by atoms with Crippen molar-refractivity contribution >= 4 is 45.7 Å². The maximum absolute atomic E-state index is 11.2. The van der Waals surface area contributed by atoms with Crippen LogP contribution in [0, 0.1) is 20.2 Å². The van der Waals surface area contributed by atoms with Crippen molar-refractivity contribution in [2.45, 2.75) is 0 Å².